The summed E-state index contributed by atoms with van der Waals surface area (Å²) in [6, 6.07) is 7.83. The number of nitrogen functional groups attached to an aromatic ring is 1. The van der Waals surface area contributed by atoms with E-state index in [-0.39, 0.29) is 0 Å². The van der Waals surface area contributed by atoms with Crippen molar-refractivity contribution >= 4 is 11.5 Å². The van der Waals surface area contributed by atoms with Crippen LogP contribution in [0.3, 0.4) is 0 Å². The molecule has 0 bridgehead atoms. The predicted molar refractivity (Wildman–Crippen MR) is 52.5 cm³/mol. The third kappa shape index (κ3) is 1.57. The summed E-state index contributed by atoms with van der Waals surface area (Å²) in [5.74, 6) is 0.738. The van der Waals surface area contributed by atoms with E-state index in [9.17, 15) is 4.79 Å². The maximum atomic E-state index is 11.1. The monoisotopic (exact) mass is 175 g/mol. The first-order valence-electron chi connectivity index (χ1n) is 4.63. The van der Waals surface area contributed by atoms with Crippen molar-refractivity contribution < 1.29 is 4.79 Å². The van der Waals surface area contributed by atoms with Crippen LogP contribution < -0.4 is 5.73 Å². The lowest BCUT2D eigenvalue weighted by atomic mass is 9.96. The zero-order valence-corrected chi connectivity index (χ0v) is 7.49. The molecule has 1 atom stereocenters. The average molecular weight is 175 g/mol. The Morgan fingerprint density at radius 1 is 1.31 bits per heavy atom. The van der Waals surface area contributed by atoms with E-state index in [1.54, 1.807) is 0 Å². The fourth-order valence-electron chi connectivity index (χ4n) is 1.96. The second kappa shape index (κ2) is 3.21. The number of rotatable bonds is 1. The van der Waals surface area contributed by atoms with Gasteiger partial charge in [-0.15, -0.1) is 0 Å². The zero-order chi connectivity index (χ0) is 9.26. The number of carbonyl (C=O) groups excluding carboxylic acids is 1. The van der Waals surface area contributed by atoms with Crippen LogP contribution in [0.25, 0.3) is 0 Å². The zero-order valence-electron chi connectivity index (χ0n) is 7.49. The van der Waals surface area contributed by atoms with Crippen LogP contribution in [0.1, 0.15) is 30.7 Å². The summed E-state index contributed by atoms with van der Waals surface area (Å²) in [5.41, 5.74) is 7.80. The Balaban J connectivity index is 2.26. The van der Waals surface area contributed by atoms with E-state index in [0.29, 0.717) is 18.1 Å². The highest BCUT2D eigenvalue weighted by Gasteiger charge is 2.24. The molecule has 0 aromatic heterocycles. The van der Waals surface area contributed by atoms with Gasteiger partial charge in [-0.1, -0.05) is 18.2 Å². The Kier molecular flexibility index (Phi) is 2.05. The van der Waals surface area contributed by atoms with Crippen molar-refractivity contribution in [3.63, 3.8) is 0 Å². The minimum atomic E-state index is 0.369. The first-order chi connectivity index (χ1) is 6.27. The molecule has 1 aliphatic rings. The molecule has 0 spiro atoms. The van der Waals surface area contributed by atoms with Crippen LogP contribution in [0.15, 0.2) is 24.3 Å². The van der Waals surface area contributed by atoms with E-state index in [0.717, 1.165) is 24.1 Å². The summed E-state index contributed by atoms with van der Waals surface area (Å²) in [4.78, 5) is 11.1. The molecule has 13 heavy (non-hydrogen) atoms. The van der Waals surface area contributed by atoms with Crippen LogP contribution >= 0.6 is 0 Å². The van der Waals surface area contributed by atoms with Gasteiger partial charge in [0.2, 0.25) is 0 Å². The number of ketones is 1. The number of para-hydroxylation sites is 1. The van der Waals surface area contributed by atoms with Gasteiger partial charge < -0.3 is 5.73 Å². The minimum absolute atomic E-state index is 0.369. The standard InChI is InChI=1S/C11H13NO/c12-11-4-2-1-3-10(11)8-5-6-9(13)7-8/h1-4,8H,5-7,12H2. The topological polar surface area (TPSA) is 43.1 Å². The SMILES string of the molecule is Nc1ccccc1C1CCC(=O)C1. The van der Waals surface area contributed by atoms with E-state index in [2.05, 4.69) is 0 Å². The van der Waals surface area contributed by atoms with E-state index in [1.807, 2.05) is 24.3 Å². The van der Waals surface area contributed by atoms with Crippen LogP contribution in [-0.4, -0.2) is 5.78 Å². The van der Waals surface area contributed by atoms with Crippen molar-refractivity contribution in [1.82, 2.24) is 0 Å². The molecule has 68 valence electrons. The predicted octanol–water partition coefficient (Wildman–Crippen LogP) is 2.11. The van der Waals surface area contributed by atoms with Gasteiger partial charge in [0.15, 0.2) is 0 Å². The van der Waals surface area contributed by atoms with Gasteiger partial charge in [-0.2, -0.15) is 0 Å². The third-order valence-corrected chi connectivity index (χ3v) is 2.68. The first-order valence-corrected chi connectivity index (χ1v) is 4.63. The highest BCUT2D eigenvalue weighted by atomic mass is 16.1. The highest BCUT2D eigenvalue weighted by molar-refractivity contribution is 5.82. The normalized spacial score (nSPS) is 22.2. The Morgan fingerprint density at radius 3 is 2.69 bits per heavy atom. The molecule has 0 radical (unpaired) electrons. The van der Waals surface area contributed by atoms with Crippen LogP contribution in [0.4, 0.5) is 5.69 Å². The second-order valence-corrected chi connectivity index (χ2v) is 3.61. The quantitative estimate of drug-likeness (QED) is 0.664. The Hall–Kier alpha value is -1.31. The molecule has 0 aliphatic heterocycles. The lowest BCUT2D eigenvalue weighted by molar-refractivity contribution is -0.117. The molecule has 1 aromatic rings. The highest BCUT2D eigenvalue weighted by Crippen LogP contribution is 2.34. The van der Waals surface area contributed by atoms with Gasteiger partial charge in [0.1, 0.15) is 5.78 Å². The molecule has 0 saturated heterocycles. The molecule has 1 aromatic carbocycles. The van der Waals surface area contributed by atoms with Crippen molar-refractivity contribution in [3.05, 3.63) is 29.8 Å². The molecule has 2 nitrogen and oxygen atoms in total. The number of hydrogen-bond donors (Lipinski definition) is 1. The van der Waals surface area contributed by atoms with E-state index in [1.165, 1.54) is 0 Å². The summed E-state index contributed by atoms with van der Waals surface area (Å²) in [6.07, 6.45) is 2.36. The smallest absolute Gasteiger partial charge is 0.133 e. The van der Waals surface area contributed by atoms with Gasteiger partial charge in [-0.05, 0) is 24.0 Å². The summed E-state index contributed by atoms with van der Waals surface area (Å²) in [6.45, 7) is 0. The number of hydrogen-bond acceptors (Lipinski definition) is 2. The lowest BCUT2D eigenvalue weighted by Crippen LogP contribution is -1.99. The summed E-state index contributed by atoms with van der Waals surface area (Å²) in [5, 5.41) is 0. The van der Waals surface area contributed by atoms with Crippen molar-refractivity contribution in [1.29, 1.82) is 0 Å². The van der Waals surface area contributed by atoms with E-state index >= 15 is 0 Å². The molecular formula is C11H13NO. The third-order valence-electron chi connectivity index (χ3n) is 2.68. The molecule has 0 amide bonds. The van der Waals surface area contributed by atoms with Gasteiger partial charge in [0.25, 0.3) is 0 Å². The van der Waals surface area contributed by atoms with Crippen LogP contribution in [0.5, 0.6) is 0 Å². The molecular weight excluding hydrogens is 162 g/mol. The number of Topliss-reactive ketones (excluding diaryl/α,β-unsaturated/α-hetero) is 1. The molecule has 1 saturated carbocycles. The summed E-state index contributed by atoms with van der Waals surface area (Å²) in [7, 11) is 0. The number of nitrogens with two attached hydrogens (primary N) is 1. The van der Waals surface area contributed by atoms with Crippen molar-refractivity contribution in [2.45, 2.75) is 25.2 Å². The maximum Gasteiger partial charge on any atom is 0.133 e. The fourth-order valence-corrected chi connectivity index (χ4v) is 1.96. The molecule has 2 heteroatoms. The lowest BCUT2D eigenvalue weighted by Gasteiger charge is -2.10. The van der Waals surface area contributed by atoms with Gasteiger partial charge in [-0.25, -0.2) is 0 Å². The van der Waals surface area contributed by atoms with E-state index in [4.69, 9.17) is 5.73 Å². The Labute approximate surface area is 77.8 Å². The van der Waals surface area contributed by atoms with Crippen LogP contribution in [0, 0.1) is 0 Å². The number of benzene rings is 1. The first kappa shape index (κ1) is 8.30. The molecule has 2 rings (SSSR count). The van der Waals surface area contributed by atoms with Gasteiger partial charge in [0.05, 0.1) is 0 Å². The van der Waals surface area contributed by atoms with Gasteiger partial charge in [0, 0.05) is 18.5 Å². The largest absolute Gasteiger partial charge is 0.398 e. The summed E-state index contributed by atoms with van der Waals surface area (Å²) < 4.78 is 0. The molecule has 1 fully saturated rings. The molecule has 0 heterocycles. The van der Waals surface area contributed by atoms with Crippen molar-refractivity contribution in [2.75, 3.05) is 5.73 Å². The second-order valence-electron chi connectivity index (χ2n) is 3.61. The van der Waals surface area contributed by atoms with E-state index < -0.39 is 0 Å². The van der Waals surface area contributed by atoms with Crippen molar-refractivity contribution in [3.8, 4) is 0 Å². The minimum Gasteiger partial charge on any atom is -0.398 e. The molecule has 2 N–H and O–H groups in total. The van der Waals surface area contributed by atoms with Gasteiger partial charge >= 0.3 is 0 Å². The fraction of sp³-hybridized carbons (Fsp3) is 0.364. The molecule has 1 aliphatic carbocycles. The maximum absolute atomic E-state index is 11.1. The van der Waals surface area contributed by atoms with Crippen LogP contribution in [0.2, 0.25) is 0 Å². The number of anilines is 1. The number of carbonyl (C=O) groups is 1. The average Bonchev–Trinajstić information content (AvgIpc) is 2.53. The van der Waals surface area contributed by atoms with Crippen LogP contribution in [-0.2, 0) is 4.79 Å². The Morgan fingerprint density at radius 2 is 2.08 bits per heavy atom. The molecule has 1 unspecified atom stereocenters. The van der Waals surface area contributed by atoms with Crippen molar-refractivity contribution in [2.24, 2.45) is 0 Å². The van der Waals surface area contributed by atoms with Gasteiger partial charge in [-0.3, -0.25) is 4.79 Å². The Bertz CT molecular complexity index is 333. The summed E-state index contributed by atoms with van der Waals surface area (Å²) >= 11 is 0.